The van der Waals surface area contributed by atoms with Gasteiger partial charge in [-0.05, 0) is 58.8 Å². The lowest BCUT2D eigenvalue weighted by atomic mass is 9.85. The average Bonchev–Trinajstić information content (AvgIpc) is 2.97. The van der Waals surface area contributed by atoms with E-state index in [1.165, 1.54) is 57.8 Å². The van der Waals surface area contributed by atoms with Crippen molar-refractivity contribution in [2.45, 2.75) is 162 Å². The highest BCUT2D eigenvalue weighted by atomic mass is 16.7. The number of ether oxygens (including phenoxy) is 2. The van der Waals surface area contributed by atoms with E-state index in [0.717, 1.165) is 32.1 Å². The minimum absolute atomic E-state index is 0.00138. The molecule has 2 saturated heterocycles. The van der Waals surface area contributed by atoms with Gasteiger partial charge >= 0.3 is 0 Å². The van der Waals surface area contributed by atoms with Crippen LogP contribution in [0.2, 0.25) is 0 Å². The number of nitrogens with one attached hydrogen (secondary N) is 2. The molecule has 3 atom stereocenters. The number of nitrogens with two attached hydrogens (primary N) is 1. The lowest BCUT2D eigenvalue weighted by molar-refractivity contribution is -0.304. The van der Waals surface area contributed by atoms with Gasteiger partial charge in [-0.3, -0.25) is 19.8 Å². The molecule has 2 heterocycles. The molecule has 0 bridgehead atoms. The van der Waals surface area contributed by atoms with Gasteiger partial charge in [0.05, 0.1) is 12.8 Å². The number of carbonyl (C=O) groups excluding carboxylic acids is 3. The molecular formula is C35H64N4O5. The molecule has 4 N–H and O–H groups in total. The topological polar surface area (TPSA) is 123 Å². The van der Waals surface area contributed by atoms with Gasteiger partial charge in [-0.25, -0.2) is 5.01 Å². The summed E-state index contributed by atoms with van der Waals surface area (Å²) < 4.78 is 11.6. The van der Waals surface area contributed by atoms with Crippen LogP contribution in [-0.2, 0) is 23.9 Å². The maximum Gasteiger partial charge on any atom is 0.249 e. The molecule has 2 aliphatic rings. The Balaban J connectivity index is 1.57. The SMILES string of the molecule is CCCCCCCCC=CCCCCCCCC(=O)NN1CCCC(C(=O)CCNC(=O)C2OC(C)(C)OCC2(C)C)C1N. The van der Waals surface area contributed by atoms with Crippen LogP contribution in [0.3, 0.4) is 0 Å². The third-order valence-corrected chi connectivity index (χ3v) is 8.85. The van der Waals surface area contributed by atoms with E-state index < -0.39 is 23.5 Å². The molecule has 254 valence electrons. The van der Waals surface area contributed by atoms with Crippen molar-refractivity contribution >= 4 is 17.6 Å². The number of carbonyl (C=O) groups is 3. The predicted molar refractivity (Wildman–Crippen MR) is 176 cm³/mol. The molecule has 0 radical (unpaired) electrons. The van der Waals surface area contributed by atoms with Gasteiger partial charge in [-0.15, -0.1) is 0 Å². The molecule has 0 aromatic rings. The first-order valence-electron chi connectivity index (χ1n) is 17.6. The van der Waals surface area contributed by atoms with E-state index in [0.29, 0.717) is 26.0 Å². The van der Waals surface area contributed by atoms with Crippen molar-refractivity contribution in [1.82, 2.24) is 15.8 Å². The molecule has 2 amide bonds. The first-order valence-corrected chi connectivity index (χ1v) is 17.6. The summed E-state index contributed by atoms with van der Waals surface area (Å²) in [7, 11) is 0. The van der Waals surface area contributed by atoms with Gasteiger partial charge in [0, 0.05) is 37.3 Å². The highest BCUT2D eigenvalue weighted by molar-refractivity contribution is 5.84. The number of hydrogen-bond acceptors (Lipinski definition) is 7. The highest BCUT2D eigenvalue weighted by Crippen LogP contribution is 2.35. The lowest BCUT2D eigenvalue weighted by Gasteiger charge is -2.44. The quantitative estimate of drug-likeness (QED) is 0.102. The van der Waals surface area contributed by atoms with Crippen LogP contribution in [0.5, 0.6) is 0 Å². The molecule has 0 saturated carbocycles. The summed E-state index contributed by atoms with van der Waals surface area (Å²) in [5.74, 6) is -1.49. The van der Waals surface area contributed by atoms with Crippen molar-refractivity contribution in [3.05, 3.63) is 12.2 Å². The van der Waals surface area contributed by atoms with Crippen molar-refractivity contribution in [2.24, 2.45) is 17.1 Å². The molecule has 0 aromatic heterocycles. The van der Waals surface area contributed by atoms with Crippen LogP contribution in [0.25, 0.3) is 0 Å². The largest absolute Gasteiger partial charge is 0.353 e. The monoisotopic (exact) mass is 620 g/mol. The number of allylic oxidation sites excluding steroid dienone is 2. The molecule has 9 heteroatoms. The Morgan fingerprint density at radius 2 is 1.50 bits per heavy atom. The fourth-order valence-corrected chi connectivity index (χ4v) is 5.98. The van der Waals surface area contributed by atoms with Gasteiger partial charge in [0.2, 0.25) is 11.8 Å². The van der Waals surface area contributed by atoms with Crippen molar-refractivity contribution < 1.29 is 23.9 Å². The molecular weight excluding hydrogens is 556 g/mol. The lowest BCUT2D eigenvalue weighted by Crippen LogP contribution is -2.60. The Kier molecular flexibility index (Phi) is 17.7. The number of rotatable bonds is 21. The van der Waals surface area contributed by atoms with Crippen molar-refractivity contribution in [1.29, 1.82) is 0 Å². The number of nitrogens with zero attached hydrogens (tertiary/aromatic N) is 1. The molecule has 2 aliphatic heterocycles. The van der Waals surface area contributed by atoms with Gasteiger partial charge in [-0.2, -0.15) is 0 Å². The zero-order chi connectivity index (χ0) is 32.4. The number of piperidine rings is 1. The van der Waals surface area contributed by atoms with E-state index in [9.17, 15) is 14.4 Å². The minimum Gasteiger partial charge on any atom is -0.353 e. The van der Waals surface area contributed by atoms with Crippen LogP contribution in [-0.4, -0.2) is 60.4 Å². The molecule has 0 aromatic carbocycles. The van der Waals surface area contributed by atoms with E-state index in [1.54, 1.807) is 18.9 Å². The van der Waals surface area contributed by atoms with Gasteiger partial charge < -0.3 is 20.5 Å². The summed E-state index contributed by atoms with van der Waals surface area (Å²) >= 11 is 0. The number of Topliss-reactive ketones (excluding diaryl/α,β-unsaturated/α-hetero) is 1. The second-order valence-corrected chi connectivity index (χ2v) is 14.0. The predicted octanol–water partition coefficient (Wildman–Crippen LogP) is 6.31. The zero-order valence-corrected chi connectivity index (χ0v) is 28.6. The number of ketones is 1. The zero-order valence-electron chi connectivity index (χ0n) is 28.6. The Morgan fingerprint density at radius 1 is 0.886 bits per heavy atom. The molecule has 3 unspecified atom stereocenters. The first kappa shape index (κ1) is 38.4. The second kappa shape index (κ2) is 20.3. The Labute approximate surface area is 267 Å². The van der Waals surface area contributed by atoms with Gasteiger partial charge in [-0.1, -0.05) is 84.3 Å². The average molecular weight is 621 g/mol. The van der Waals surface area contributed by atoms with Crippen LogP contribution in [0, 0.1) is 11.3 Å². The number of hydrazine groups is 1. The van der Waals surface area contributed by atoms with E-state index in [4.69, 9.17) is 15.2 Å². The number of amides is 2. The van der Waals surface area contributed by atoms with Crippen LogP contribution < -0.4 is 16.5 Å². The maximum atomic E-state index is 13.0. The number of unbranched alkanes of at least 4 members (excludes halogenated alkanes) is 11. The van der Waals surface area contributed by atoms with Crippen molar-refractivity contribution in [2.75, 3.05) is 19.7 Å². The summed E-state index contributed by atoms with van der Waals surface area (Å²) in [6.07, 6.45) is 21.5. The molecule has 0 aliphatic carbocycles. The normalized spacial score (nSPS) is 23.5. The number of hydrogen-bond donors (Lipinski definition) is 3. The standard InChI is InChI=1S/C35H64N4O5/c1-6-7-8-9-10-11-12-13-14-15-16-17-18-19-20-23-30(41)38-39-26-21-22-28(32(39)36)29(40)24-25-37-33(42)31-34(2,3)27-43-35(4,5)44-31/h13-14,28,31-32H,6-12,15-27,36H2,1-5H3,(H,37,42)(H,38,41). The highest BCUT2D eigenvalue weighted by Gasteiger charge is 2.45. The Bertz CT molecular complexity index is 890. The van der Waals surface area contributed by atoms with E-state index in [1.807, 2.05) is 13.8 Å². The van der Waals surface area contributed by atoms with Crippen molar-refractivity contribution in [3.8, 4) is 0 Å². The summed E-state index contributed by atoms with van der Waals surface area (Å²) in [6, 6.07) is 0. The maximum absolute atomic E-state index is 13.0. The summed E-state index contributed by atoms with van der Waals surface area (Å²) in [5, 5.41) is 4.60. The van der Waals surface area contributed by atoms with Crippen LogP contribution in [0.15, 0.2) is 12.2 Å². The van der Waals surface area contributed by atoms with Gasteiger partial charge in [0.25, 0.3) is 0 Å². The first-order chi connectivity index (χ1) is 21.0. The summed E-state index contributed by atoms with van der Waals surface area (Å²) in [4.78, 5) is 38.5. The second-order valence-electron chi connectivity index (χ2n) is 14.0. The van der Waals surface area contributed by atoms with Crippen LogP contribution in [0.1, 0.15) is 144 Å². The van der Waals surface area contributed by atoms with Gasteiger partial charge in [0.15, 0.2) is 5.79 Å². The molecule has 44 heavy (non-hydrogen) atoms. The fourth-order valence-electron chi connectivity index (χ4n) is 5.98. The van der Waals surface area contributed by atoms with E-state index >= 15 is 0 Å². The third kappa shape index (κ3) is 14.5. The van der Waals surface area contributed by atoms with Crippen molar-refractivity contribution in [3.63, 3.8) is 0 Å². The van der Waals surface area contributed by atoms with E-state index in [2.05, 4.69) is 29.8 Å². The molecule has 2 fully saturated rings. The molecule has 0 spiro atoms. The smallest absolute Gasteiger partial charge is 0.249 e. The molecule has 2 rings (SSSR count). The van der Waals surface area contributed by atoms with Gasteiger partial charge in [0.1, 0.15) is 11.9 Å². The van der Waals surface area contributed by atoms with Crippen LogP contribution >= 0.6 is 0 Å². The summed E-state index contributed by atoms with van der Waals surface area (Å²) in [6.45, 7) is 11.0. The van der Waals surface area contributed by atoms with E-state index in [-0.39, 0.29) is 36.5 Å². The third-order valence-electron chi connectivity index (χ3n) is 8.85. The summed E-state index contributed by atoms with van der Waals surface area (Å²) in [5.41, 5.74) is 8.91. The Hall–Kier alpha value is -1.81. The minimum atomic E-state index is -0.833. The Morgan fingerprint density at radius 3 is 2.16 bits per heavy atom. The van der Waals surface area contributed by atoms with Crippen LogP contribution in [0.4, 0.5) is 0 Å². The fraction of sp³-hybridized carbons (Fsp3) is 0.857. The molecule has 9 nitrogen and oxygen atoms in total.